The number of fused-ring (bicyclic) bond motifs is 1. The highest BCUT2D eigenvalue weighted by atomic mass is 79.9. The molecule has 0 atom stereocenters. The van der Waals surface area contributed by atoms with E-state index in [0.717, 1.165) is 10.9 Å². The second kappa shape index (κ2) is 5.46. The number of furan rings is 1. The molecule has 20 heavy (non-hydrogen) atoms. The molecule has 3 aromatic rings. The molecule has 4 nitrogen and oxygen atoms in total. The van der Waals surface area contributed by atoms with Gasteiger partial charge in [-0.3, -0.25) is 9.78 Å². The topological polar surface area (TPSA) is 55.1 Å². The van der Waals surface area contributed by atoms with E-state index >= 15 is 0 Å². The smallest absolute Gasteiger partial charge is 0.251 e. The average Bonchev–Trinajstić information content (AvgIpc) is 2.90. The monoisotopic (exact) mass is 330 g/mol. The Morgan fingerprint density at radius 2 is 2.15 bits per heavy atom. The Hall–Kier alpha value is -2.14. The standard InChI is InChI=1S/C15H11BrN2O2/c16-14-6-4-12(20-14)9-18-15(19)11-3-5-13-10(8-11)2-1-7-17-13/h1-8H,9H2,(H,18,19). The van der Waals surface area contributed by atoms with Gasteiger partial charge in [0.15, 0.2) is 4.67 Å². The van der Waals surface area contributed by atoms with Gasteiger partial charge < -0.3 is 9.73 Å². The predicted molar refractivity (Wildman–Crippen MR) is 79.3 cm³/mol. The molecule has 2 aromatic heterocycles. The van der Waals surface area contributed by atoms with Crippen LogP contribution in [0.3, 0.4) is 0 Å². The molecule has 1 aromatic carbocycles. The van der Waals surface area contributed by atoms with Crippen LogP contribution < -0.4 is 5.32 Å². The molecule has 0 aliphatic carbocycles. The maximum atomic E-state index is 12.1. The van der Waals surface area contributed by atoms with Crippen molar-refractivity contribution in [2.45, 2.75) is 6.54 Å². The van der Waals surface area contributed by atoms with Gasteiger partial charge in [0.25, 0.3) is 5.91 Å². The summed E-state index contributed by atoms with van der Waals surface area (Å²) < 4.78 is 5.98. The third-order valence-electron chi connectivity index (χ3n) is 2.92. The number of carbonyl (C=O) groups is 1. The van der Waals surface area contributed by atoms with E-state index < -0.39 is 0 Å². The van der Waals surface area contributed by atoms with Crippen molar-refractivity contribution in [1.82, 2.24) is 10.3 Å². The van der Waals surface area contributed by atoms with Crippen molar-refractivity contribution in [2.24, 2.45) is 0 Å². The number of benzene rings is 1. The second-order valence-corrected chi connectivity index (χ2v) is 5.08. The van der Waals surface area contributed by atoms with Gasteiger partial charge in [-0.05, 0) is 52.3 Å². The minimum absolute atomic E-state index is 0.136. The molecule has 3 rings (SSSR count). The molecular formula is C15H11BrN2O2. The van der Waals surface area contributed by atoms with E-state index in [4.69, 9.17) is 4.42 Å². The SMILES string of the molecule is O=C(NCc1ccc(Br)o1)c1ccc2ncccc2c1. The summed E-state index contributed by atoms with van der Waals surface area (Å²) in [6, 6.07) is 12.8. The van der Waals surface area contributed by atoms with Gasteiger partial charge >= 0.3 is 0 Å². The van der Waals surface area contributed by atoms with Crippen LogP contribution >= 0.6 is 15.9 Å². The third-order valence-corrected chi connectivity index (χ3v) is 3.34. The molecule has 5 heteroatoms. The number of nitrogens with one attached hydrogen (secondary N) is 1. The molecule has 0 fully saturated rings. The fourth-order valence-electron chi connectivity index (χ4n) is 1.93. The molecule has 1 amide bonds. The summed E-state index contributed by atoms with van der Waals surface area (Å²) in [5.41, 5.74) is 1.48. The zero-order valence-electron chi connectivity index (χ0n) is 10.5. The Morgan fingerprint density at radius 1 is 1.25 bits per heavy atom. The summed E-state index contributed by atoms with van der Waals surface area (Å²) in [7, 11) is 0. The summed E-state index contributed by atoms with van der Waals surface area (Å²) in [4.78, 5) is 16.3. The van der Waals surface area contributed by atoms with Gasteiger partial charge in [-0.2, -0.15) is 0 Å². The Labute approximate surface area is 123 Å². The van der Waals surface area contributed by atoms with Crippen molar-refractivity contribution < 1.29 is 9.21 Å². The van der Waals surface area contributed by atoms with Crippen LogP contribution in [0.5, 0.6) is 0 Å². The number of hydrogen-bond donors (Lipinski definition) is 1. The first kappa shape index (κ1) is 12.9. The van der Waals surface area contributed by atoms with Crippen molar-refractivity contribution in [3.63, 3.8) is 0 Å². The molecule has 0 radical (unpaired) electrons. The molecule has 2 heterocycles. The van der Waals surface area contributed by atoms with Gasteiger partial charge in [0.05, 0.1) is 12.1 Å². The summed E-state index contributed by atoms with van der Waals surface area (Å²) >= 11 is 3.22. The van der Waals surface area contributed by atoms with E-state index in [0.29, 0.717) is 22.5 Å². The van der Waals surface area contributed by atoms with Crippen LogP contribution in [-0.2, 0) is 6.54 Å². The summed E-state index contributed by atoms with van der Waals surface area (Å²) in [5, 5.41) is 3.76. The van der Waals surface area contributed by atoms with E-state index in [1.807, 2.05) is 30.3 Å². The van der Waals surface area contributed by atoms with Crippen molar-refractivity contribution in [2.75, 3.05) is 0 Å². The predicted octanol–water partition coefficient (Wildman–Crippen LogP) is 3.52. The maximum Gasteiger partial charge on any atom is 0.251 e. The van der Waals surface area contributed by atoms with Gasteiger partial charge in [-0.25, -0.2) is 0 Å². The average molecular weight is 331 g/mol. The van der Waals surface area contributed by atoms with Gasteiger partial charge in [0, 0.05) is 17.1 Å². The number of hydrogen-bond acceptors (Lipinski definition) is 3. The first-order valence-electron chi connectivity index (χ1n) is 6.09. The molecule has 0 unspecified atom stereocenters. The molecule has 0 saturated carbocycles. The summed E-state index contributed by atoms with van der Waals surface area (Å²) in [6.07, 6.45) is 1.73. The lowest BCUT2D eigenvalue weighted by Gasteiger charge is -2.04. The lowest BCUT2D eigenvalue weighted by atomic mass is 10.1. The highest BCUT2D eigenvalue weighted by Crippen LogP contribution is 2.15. The number of amides is 1. The fraction of sp³-hybridized carbons (Fsp3) is 0.0667. The van der Waals surface area contributed by atoms with E-state index in [1.165, 1.54) is 0 Å². The van der Waals surface area contributed by atoms with Crippen LogP contribution in [0.1, 0.15) is 16.1 Å². The fourth-order valence-corrected chi connectivity index (χ4v) is 2.27. The second-order valence-electron chi connectivity index (χ2n) is 4.30. The van der Waals surface area contributed by atoms with E-state index in [-0.39, 0.29) is 5.91 Å². The largest absolute Gasteiger partial charge is 0.452 e. The van der Waals surface area contributed by atoms with Crippen molar-refractivity contribution in [1.29, 1.82) is 0 Å². The molecule has 1 N–H and O–H groups in total. The number of halogens is 1. The Bertz CT molecular complexity index is 767. The summed E-state index contributed by atoms with van der Waals surface area (Å²) in [6.45, 7) is 0.357. The van der Waals surface area contributed by atoms with Gasteiger partial charge in [0.1, 0.15) is 5.76 Å². The molecule has 0 aliphatic rings. The zero-order valence-corrected chi connectivity index (χ0v) is 12.1. The van der Waals surface area contributed by atoms with Crippen molar-refractivity contribution in [3.05, 3.63) is 64.7 Å². The number of nitrogens with zero attached hydrogens (tertiary/aromatic N) is 1. The quantitative estimate of drug-likeness (QED) is 0.799. The normalized spacial score (nSPS) is 10.7. The lowest BCUT2D eigenvalue weighted by Crippen LogP contribution is -2.22. The highest BCUT2D eigenvalue weighted by molar-refractivity contribution is 9.10. The number of pyridine rings is 1. The number of carbonyl (C=O) groups excluding carboxylic acids is 1. The number of rotatable bonds is 3. The Morgan fingerprint density at radius 3 is 2.95 bits per heavy atom. The van der Waals surface area contributed by atoms with Gasteiger partial charge in [-0.1, -0.05) is 6.07 Å². The van der Waals surface area contributed by atoms with Crippen LogP contribution in [0.15, 0.2) is 57.7 Å². The zero-order chi connectivity index (χ0) is 13.9. The minimum Gasteiger partial charge on any atom is -0.452 e. The Balaban J connectivity index is 1.75. The first-order valence-corrected chi connectivity index (χ1v) is 6.89. The first-order chi connectivity index (χ1) is 9.72. The van der Waals surface area contributed by atoms with Crippen LogP contribution in [0, 0.1) is 0 Å². The van der Waals surface area contributed by atoms with Crippen LogP contribution in [0.2, 0.25) is 0 Å². The van der Waals surface area contributed by atoms with E-state index in [1.54, 1.807) is 18.3 Å². The highest BCUT2D eigenvalue weighted by Gasteiger charge is 2.07. The van der Waals surface area contributed by atoms with Gasteiger partial charge in [-0.15, -0.1) is 0 Å². The van der Waals surface area contributed by atoms with Crippen LogP contribution in [-0.4, -0.2) is 10.9 Å². The molecule has 0 bridgehead atoms. The lowest BCUT2D eigenvalue weighted by molar-refractivity contribution is 0.0948. The van der Waals surface area contributed by atoms with Crippen LogP contribution in [0.4, 0.5) is 0 Å². The Kier molecular flexibility index (Phi) is 3.52. The minimum atomic E-state index is -0.136. The molecular weight excluding hydrogens is 320 g/mol. The summed E-state index contributed by atoms with van der Waals surface area (Å²) in [5.74, 6) is 0.566. The van der Waals surface area contributed by atoms with Crippen molar-refractivity contribution in [3.8, 4) is 0 Å². The third kappa shape index (κ3) is 2.72. The molecule has 0 saturated heterocycles. The molecule has 0 aliphatic heterocycles. The molecule has 100 valence electrons. The van der Waals surface area contributed by atoms with Crippen LogP contribution in [0.25, 0.3) is 10.9 Å². The maximum absolute atomic E-state index is 12.1. The van der Waals surface area contributed by atoms with Gasteiger partial charge in [0.2, 0.25) is 0 Å². The molecule has 0 spiro atoms. The van der Waals surface area contributed by atoms with E-state index in [2.05, 4.69) is 26.2 Å². The number of aromatic nitrogens is 1. The van der Waals surface area contributed by atoms with Crippen molar-refractivity contribution >= 4 is 32.7 Å². The van der Waals surface area contributed by atoms with E-state index in [9.17, 15) is 4.79 Å².